The highest BCUT2D eigenvalue weighted by atomic mass is 16.5. The highest BCUT2D eigenvalue weighted by Gasteiger charge is 2.27. The maximum Gasteiger partial charge on any atom is 0.164 e. The maximum atomic E-state index is 5.54. The third kappa shape index (κ3) is 2.50. The van der Waals surface area contributed by atoms with Crippen LogP contribution in [0.3, 0.4) is 0 Å². The topological polar surface area (TPSA) is 71.1 Å². The number of nitrogens with one attached hydrogen (secondary N) is 3. The van der Waals surface area contributed by atoms with Crippen molar-refractivity contribution in [2.45, 2.75) is 38.3 Å². The van der Waals surface area contributed by atoms with Crippen LogP contribution >= 0.6 is 0 Å². The van der Waals surface area contributed by atoms with Crippen molar-refractivity contribution in [2.24, 2.45) is 0 Å². The van der Waals surface area contributed by atoms with Gasteiger partial charge in [0.25, 0.3) is 0 Å². The Bertz CT molecular complexity index is 776. The molecule has 1 saturated heterocycles. The molecule has 2 aromatic rings. The Hall–Kier alpha value is -1.92. The lowest BCUT2D eigenvalue weighted by atomic mass is 10.0. The first-order chi connectivity index (χ1) is 11.7. The van der Waals surface area contributed by atoms with Gasteiger partial charge in [-0.2, -0.15) is 0 Å². The van der Waals surface area contributed by atoms with E-state index in [9.17, 15) is 0 Å². The van der Waals surface area contributed by atoms with E-state index in [4.69, 9.17) is 14.7 Å². The summed E-state index contributed by atoms with van der Waals surface area (Å²) < 4.78 is 5.54. The Balaban J connectivity index is 1.77. The molecule has 0 amide bonds. The molecule has 6 nitrogen and oxygen atoms in total. The molecule has 2 aromatic heterocycles. The number of hydrogen-bond acceptors (Lipinski definition) is 6. The number of ether oxygens (including phenoxy) is 1. The van der Waals surface area contributed by atoms with Gasteiger partial charge in [0.05, 0.1) is 12.1 Å². The predicted molar refractivity (Wildman–Crippen MR) is 96.9 cm³/mol. The van der Waals surface area contributed by atoms with Crippen LogP contribution in [0.4, 0.5) is 11.5 Å². The number of rotatable bonds is 4. The van der Waals surface area contributed by atoms with Gasteiger partial charge in [-0.15, -0.1) is 0 Å². The van der Waals surface area contributed by atoms with Crippen LogP contribution < -0.4 is 16.0 Å². The second kappa shape index (κ2) is 6.18. The highest BCUT2D eigenvalue weighted by molar-refractivity contribution is 5.94. The number of nitrogens with zero attached hydrogens (tertiary/aromatic N) is 2. The van der Waals surface area contributed by atoms with Crippen LogP contribution in [-0.4, -0.2) is 49.4 Å². The fourth-order valence-corrected chi connectivity index (χ4v) is 4.02. The van der Waals surface area contributed by atoms with Crippen molar-refractivity contribution >= 4 is 22.5 Å². The van der Waals surface area contributed by atoms with Gasteiger partial charge in [-0.3, -0.25) is 0 Å². The van der Waals surface area contributed by atoms with E-state index in [2.05, 4.69) is 28.9 Å². The van der Waals surface area contributed by atoms with Gasteiger partial charge in [0.2, 0.25) is 0 Å². The average molecular weight is 327 g/mol. The number of methoxy groups -OCH3 is 1. The summed E-state index contributed by atoms with van der Waals surface area (Å²) in [6, 6.07) is 2.31. The third-order valence-electron chi connectivity index (χ3n) is 5.32. The molecule has 128 valence electrons. The predicted octanol–water partition coefficient (Wildman–Crippen LogP) is 1.87. The van der Waals surface area contributed by atoms with Gasteiger partial charge >= 0.3 is 0 Å². The van der Waals surface area contributed by atoms with Crippen molar-refractivity contribution in [1.82, 2.24) is 15.3 Å². The van der Waals surface area contributed by atoms with Gasteiger partial charge in [0, 0.05) is 50.1 Å². The number of fused-ring (bicyclic) bond motifs is 2. The van der Waals surface area contributed by atoms with Crippen LogP contribution in [0.1, 0.15) is 23.2 Å². The minimum atomic E-state index is 0.162. The van der Waals surface area contributed by atoms with E-state index >= 15 is 0 Å². The van der Waals surface area contributed by atoms with Crippen LogP contribution in [0.25, 0.3) is 11.0 Å². The molecule has 0 radical (unpaired) electrons. The zero-order valence-electron chi connectivity index (χ0n) is 14.6. The van der Waals surface area contributed by atoms with Crippen molar-refractivity contribution in [3.8, 4) is 0 Å². The van der Waals surface area contributed by atoms with E-state index in [1.165, 1.54) is 23.2 Å². The lowest BCUT2D eigenvalue weighted by molar-refractivity contribution is 0.111. The molecule has 0 spiro atoms. The summed E-state index contributed by atoms with van der Waals surface area (Å²) in [5, 5.41) is 11.3. The van der Waals surface area contributed by atoms with Crippen molar-refractivity contribution in [1.29, 1.82) is 0 Å². The molecule has 1 aliphatic heterocycles. The van der Waals surface area contributed by atoms with E-state index in [0.717, 1.165) is 48.5 Å². The van der Waals surface area contributed by atoms with Gasteiger partial charge in [0.15, 0.2) is 5.65 Å². The maximum absolute atomic E-state index is 5.54. The summed E-state index contributed by atoms with van der Waals surface area (Å²) in [5.41, 5.74) is 5.89. The van der Waals surface area contributed by atoms with Gasteiger partial charge in [-0.25, -0.2) is 9.97 Å². The van der Waals surface area contributed by atoms with Crippen molar-refractivity contribution < 1.29 is 4.74 Å². The highest BCUT2D eigenvalue weighted by Crippen LogP contribution is 2.34. The number of anilines is 2. The number of aryl methyl sites for hydroxylation is 2. The molecule has 3 heterocycles. The molecule has 4 rings (SSSR count). The van der Waals surface area contributed by atoms with E-state index in [1.54, 1.807) is 7.11 Å². The Morgan fingerprint density at radius 3 is 2.92 bits per heavy atom. The van der Waals surface area contributed by atoms with Crippen LogP contribution in [0.2, 0.25) is 0 Å². The number of pyridine rings is 2. The number of aromatic nitrogens is 2. The molecule has 6 heteroatoms. The standard InChI is InChI=1S/C18H25N5O/c1-10-11-5-4-6-12(11)22-18-17(10)13(19-2)7-16(23-18)21-14-8-20-9-15(14)24-3/h7,14-15,20H,4-6,8-9H2,1-3H3,(H2,19,21,22,23)/t14-,15?/m0/s1. The smallest absolute Gasteiger partial charge is 0.164 e. The Morgan fingerprint density at radius 2 is 2.12 bits per heavy atom. The monoisotopic (exact) mass is 327 g/mol. The van der Waals surface area contributed by atoms with Crippen molar-refractivity contribution in [2.75, 3.05) is 37.9 Å². The SMILES string of the molecule is CNc1cc(N[C@H]2CNCC2OC)nc2nc3c(c(C)c12)CCC3. The minimum absolute atomic E-state index is 0.162. The molecule has 3 N–H and O–H groups in total. The molecule has 0 bridgehead atoms. The van der Waals surface area contributed by atoms with Crippen LogP contribution in [0, 0.1) is 6.92 Å². The van der Waals surface area contributed by atoms with Crippen molar-refractivity contribution in [3.63, 3.8) is 0 Å². The first-order valence-electron chi connectivity index (χ1n) is 8.72. The zero-order valence-corrected chi connectivity index (χ0v) is 14.6. The third-order valence-corrected chi connectivity index (χ3v) is 5.32. The van der Waals surface area contributed by atoms with Crippen LogP contribution in [0.15, 0.2) is 6.07 Å². The summed E-state index contributed by atoms with van der Waals surface area (Å²) in [6.07, 6.45) is 3.56. The van der Waals surface area contributed by atoms with Gasteiger partial charge in [-0.05, 0) is 37.3 Å². The van der Waals surface area contributed by atoms with E-state index in [1.807, 2.05) is 7.05 Å². The largest absolute Gasteiger partial charge is 0.387 e. The molecule has 24 heavy (non-hydrogen) atoms. The summed E-state index contributed by atoms with van der Waals surface area (Å²) in [7, 11) is 3.72. The lowest BCUT2D eigenvalue weighted by Gasteiger charge is -2.20. The molecule has 0 aromatic carbocycles. The summed E-state index contributed by atoms with van der Waals surface area (Å²) in [4.78, 5) is 9.67. The summed E-state index contributed by atoms with van der Waals surface area (Å²) in [6.45, 7) is 3.95. The Morgan fingerprint density at radius 1 is 1.25 bits per heavy atom. The Kier molecular flexibility index (Phi) is 4.02. The van der Waals surface area contributed by atoms with Crippen LogP contribution in [0.5, 0.6) is 0 Å². The molecule has 1 aliphatic carbocycles. The molecule has 1 fully saturated rings. The zero-order chi connectivity index (χ0) is 16.7. The molecule has 0 saturated carbocycles. The van der Waals surface area contributed by atoms with E-state index in [-0.39, 0.29) is 12.1 Å². The fourth-order valence-electron chi connectivity index (χ4n) is 4.02. The normalized spacial score (nSPS) is 22.8. The fraction of sp³-hybridized carbons (Fsp3) is 0.556. The number of hydrogen-bond donors (Lipinski definition) is 3. The lowest BCUT2D eigenvalue weighted by Crippen LogP contribution is -2.33. The molecular weight excluding hydrogens is 302 g/mol. The summed E-state index contributed by atoms with van der Waals surface area (Å²) >= 11 is 0. The second-order valence-electron chi connectivity index (χ2n) is 6.70. The van der Waals surface area contributed by atoms with Gasteiger partial charge in [-0.1, -0.05) is 0 Å². The average Bonchev–Trinajstić information content (AvgIpc) is 3.23. The van der Waals surface area contributed by atoms with Gasteiger partial charge < -0.3 is 20.7 Å². The van der Waals surface area contributed by atoms with E-state index in [0.29, 0.717) is 0 Å². The summed E-state index contributed by atoms with van der Waals surface area (Å²) in [5.74, 6) is 0.854. The molecular formula is C18H25N5O. The molecule has 2 aliphatic rings. The first kappa shape index (κ1) is 15.6. The first-order valence-corrected chi connectivity index (χ1v) is 8.72. The minimum Gasteiger partial charge on any atom is -0.387 e. The quantitative estimate of drug-likeness (QED) is 0.796. The Labute approximate surface area is 142 Å². The van der Waals surface area contributed by atoms with Gasteiger partial charge in [0.1, 0.15) is 5.82 Å². The molecule has 2 atom stereocenters. The second-order valence-corrected chi connectivity index (χ2v) is 6.70. The molecule has 1 unspecified atom stereocenters. The van der Waals surface area contributed by atoms with Crippen LogP contribution in [-0.2, 0) is 17.6 Å². The van der Waals surface area contributed by atoms with Crippen molar-refractivity contribution in [3.05, 3.63) is 22.9 Å². The van der Waals surface area contributed by atoms with E-state index < -0.39 is 0 Å².